The topological polar surface area (TPSA) is 8.17 Å². The van der Waals surface area contributed by atoms with E-state index >= 15 is 0 Å². The van der Waals surface area contributed by atoms with Crippen molar-refractivity contribution < 1.29 is 0 Å². The second-order valence-corrected chi connectivity index (χ2v) is 19.0. The van der Waals surface area contributed by atoms with Crippen molar-refractivity contribution in [3.05, 3.63) is 303 Å². The van der Waals surface area contributed by atoms with Crippen LogP contribution in [-0.4, -0.2) is 4.57 Å². The molecular formula is C72H50N2. The number of nitrogens with zero attached hydrogens (tertiary/aromatic N) is 2. The van der Waals surface area contributed by atoms with Crippen molar-refractivity contribution in [2.45, 2.75) is 0 Å². The van der Waals surface area contributed by atoms with E-state index in [-0.39, 0.29) is 0 Å². The third-order valence-electron chi connectivity index (χ3n) is 14.3. The normalized spacial score (nSPS) is 11.2. The van der Waals surface area contributed by atoms with Gasteiger partial charge in [0.2, 0.25) is 0 Å². The Kier molecular flexibility index (Phi) is 11.6. The molecule has 12 aromatic carbocycles. The fraction of sp³-hybridized carbons (Fsp3) is 0. The van der Waals surface area contributed by atoms with Crippen LogP contribution in [0.25, 0.3) is 105 Å². The summed E-state index contributed by atoms with van der Waals surface area (Å²) in [7, 11) is 0. The molecule has 13 rings (SSSR count). The van der Waals surface area contributed by atoms with Gasteiger partial charge in [-0.25, -0.2) is 0 Å². The molecule has 1 heterocycles. The molecule has 0 radical (unpaired) electrons. The highest BCUT2D eigenvalue weighted by Gasteiger charge is 2.18. The molecule has 0 amide bonds. The maximum atomic E-state index is 2.44. The van der Waals surface area contributed by atoms with Gasteiger partial charge in [0.05, 0.1) is 11.0 Å². The fourth-order valence-corrected chi connectivity index (χ4v) is 10.7. The third-order valence-corrected chi connectivity index (χ3v) is 14.3. The number of benzene rings is 12. The smallest absolute Gasteiger partial charge is 0.0541 e. The van der Waals surface area contributed by atoms with Gasteiger partial charge in [-0.3, -0.25) is 0 Å². The fourth-order valence-electron chi connectivity index (χ4n) is 10.7. The standard InChI is InChI=1S/C72H50N2/c1-5-19-51(20-6-1)56-25-15-27-58(43-56)61-30-18-34-67(47-61)73(65-31-11-4-12-32-65)66-33-17-29-60(46-66)54-37-39-55(40-38-54)62-41-42-72-70(50-62)69-35-13-14-36-71(69)74(72)68-48-63(53-23-9-3-10-24-53)45-64(49-68)59-28-16-26-57(44-59)52-21-7-2-8-22-52/h1-50H. The lowest BCUT2D eigenvalue weighted by Gasteiger charge is -2.26. The van der Waals surface area contributed by atoms with Crippen LogP contribution >= 0.6 is 0 Å². The molecule has 13 aromatic rings. The molecule has 2 heteroatoms. The van der Waals surface area contributed by atoms with Gasteiger partial charge < -0.3 is 9.47 Å². The molecule has 0 N–H and O–H groups in total. The summed E-state index contributed by atoms with van der Waals surface area (Å²) < 4.78 is 2.44. The molecular weight excluding hydrogens is 893 g/mol. The van der Waals surface area contributed by atoms with E-state index < -0.39 is 0 Å². The van der Waals surface area contributed by atoms with Gasteiger partial charge in [-0.05, 0) is 163 Å². The lowest BCUT2D eigenvalue weighted by molar-refractivity contribution is 1.18. The summed E-state index contributed by atoms with van der Waals surface area (Å²) in [5.41, 5.74) is 23.4. The van der Waals surface area contributed by atoms with E-state index in [1.807, 2.05) is 0 Å². The molecule has 0 atom stereocenters. The molecule has 0 bridgehead atoms. The molecule has 1 aromatic heterocycles. The van der Waals surface area contributed by atoms with Crippen molar-refractivity contribution in [3.63, 3.8) is 0 Å². The Bertz CT molecular complexity index is 4100. The Labute approximate surface area is 433 Å². The van der Waals surface area contributed by atoms with Gasteiger partial charge >= 0.3 is 0 Å². The SMILES string of the molecule is c1ccc(-c2cccc(-c3cccc(N(c4ccccc4)c4cccc(-c5ccc(-c6ccc7c(c6)c6ccccc6n7-c6cc(-c7ccccc7)cc(-c7cccc(-c8ccccc8)c7)c6)cc5)c4)c3)c2)cc1. The Balaban J connectivity index is 0.843. The summed E-state index contributed by atoms with van der Waals surface area (Å²) in [5.74, 6) is 0. The Morgan fingerprint density at radius 1 is 0.189 bits per heavy atom. The second-order valence-electron chi connectivity index (χ2n) is 19.0. The number of rotatable bonds is 11. The van der Waals surface area contributed by atoms with E-state index in [1.54, 1.807) is 0 Å². The van der Waals surface area contributed by atoms with Gasteiger partial charge in [0.15, 0.2) is 0 Å². The van der Waals surface area contributed by atoms with E-state index in [2.05, 4.69) is 313 Å². The quantitative estimate of drug-likeness (QED) is 0.125. The van der Waals surface area contributed by atoms with Gasteiger partial charge in [0.25, 0.3) is 0 Å². The lowest BCUT2D eigenvalue weighted by atomic mass is 9.95. The highest BCUT2D eigenvalue weighted by Crippen LogP contribution is 2.41. The molecule has 348 valence electrons. The van der Waals surface area contributed by atoms with Crippen molar-refractivity contribution in [1.82, 2.24) is 4.57 Å². The first kappa shape index (κ1) is 44.2. The van der Waals surface area contributed by atoms with Crippen LogP contribution in [0.1, 0.15) is 0 Å². The molecule has 0 aliphatic heterocycles. The van der Waals surface area contributed by atoms with Crippen molar-refractivity contribution in [2.75, 3.05) is 4.90 Å². The van der Waals surface area contributed by atoms with E-state index in [4.69, 9.17) is 0 Å². The summed E-state index contributed by atoms with van der Waals surface area (Å²) in [4.78, 5) is 2.36. The molecule has 0 fully saturated rings. The summed E-state index contributed by atoms with van der Waals surface area (Å²) in [6.45, 7) is 0. The van der Waals surface area contributed by atoms with E-state index in [9.17, 15) is 0 Å². The maximum Gasteiger partial charge on any atom is 0.0541 e. The number of anilines is 3. The van der Waals surface area contributed by atoms with Crippen molar-refractivity contribution in [2.24, 2.45) is 0 Å². The van der Waals surface area contributed by atoms with E-state index in [0.717, 1.165) is 33.9 Å². The molecule has 0 saturated heterocycles. The van der Waals surface area contributed by atoms with Crippen LogP contribution in [0.15, 0.2) is 303 Å². The lowest BCUT2D eigenvalue weighted by Crippen LogP contribution is -2.10. The summed E-state index contributed by atoms with van der Waals surface area (Å²) in [6.07, 6.45) is 0. The Morgan fingerprint density at radius 2 is 0.514 bits per heavy atom. The average Bonchev–Trinajstić information content (AvgIpc) is 3.82. The molecule has 0 spiro atoms. The first-order valence-corrected chi connectivity index (χ1v) is 25.4. The maximum absolute atomic E-state index is 2.44. The van der Waals surface area contributed by atoms with Crippen LogP contribution in [0, 0.1) is 0 Å². The molecule has 0 saturated carbocycles. The van der Waals surface area contributed by atoms with Gasteiger partial charge in [-0.2, -0.15) is 0 Å². The van der Waals surface area contributed by atoms with Gasteiger partial charge in [0.1, 0.15) is 0 Å². The zero-order valence-electron chi connectivity index (χ0n) is 40.8. The minimum absolute atomic E-state index is 1.09. The molecule has 74 heavy (non-hydrogen) atoms. The predicted molar refractivity (Wildman–Crippen MR) is 314 cm³/mol. The third kappa shape index (κ3) is 8.65. The summed E-state index contributed by atoms with van der Waals surface area (Å²) >= 11 is 0. The van der Waals surface area contributed by atoms with Gasteiger partial charge in [0, 0.05) is 33.5 Å². The van der Waals surface area contributed by atoms with Crippen molar-refractivity contribution in [3.8, 4) is 83.6 Å². The molecule has 0 aliphatic carbocycles. The zero-order chi connectivity index (χ0) is 49.2. The van der Waals surface area contributed by atoms with Crippen LogP contribution < -0.4 is 4.90 Å². The summed E-state index contributed by atoms with van der Waals surface area (Å²) in [5, 5.41) is 2.45. The highest BCUT2D eigenvalue weighted by atomic mass is 15.1. The monoisotopic (exact) mass is 942 g/mol. The van der Waals surface area contributed by atoms with Gasteiger partial charge in [-0.1, -0.05) is 218 Å². The molecule has 2 nitrogen and oxygen atoms in total. The van der Waals surface area contributed by atoms with Crippen LogP contribution in [0.4, 0.5) is 17.1 Å². The first-order chi connectivity index (χ1) is 36.7. The van der Waals surface area contributed by atoms with Crippen LogP contribution in [0.3, 0.4) is 0 Å². The highest BCUT2D eigenvalue weighted by molar-refractivity contribution is 6.10. The largest absolute Gasteiger partial charge is 0.310 e. The van der Waals surface area contributed by atoms with Crippen LogP contribution in [-0.2, 0) is 0 Å². The summed E-state index contributed by atoms with van der Waals surface area (Å²) in [6, 6.07) is 110. The minimum atomic E-state index is 1.09. The Morgan fingerprint density at radius 3 is 1.07 bits per heavy atom. The Hall–Kier alpha value is -9.76. The first-order valence-electron chi connectivity index (χ1n) is 25.4. The van der Waals surface area contributed by atoms with E-state index in [0.29, 0.717) is 0 Å². The molecule has 0 unspecified atom stereocenters. The average molecular weight is 943 g/mol. The number of hydrogen-bond donors (Lipinski definition) is 0. The predicted octanol–water partition coefficient (Wildman–Crippen LogP) is 19.9. The number of para-hydroxylation sites is 2. The number of hydrogen-bond acceptors (Lipinski definition) is 1. The number of fused-ring (bicyclic) bond motifs is 3. The van der Waals surface area contributed by atoms with Crippen LogP contribution in [0.5, 0.6) is 0 Å². The van der Waals surface area contributed by atoms with Gasteiger partial charge in [-0.15, -0.1) is 0 Å². The molecule has 0 aliphatic rings. The zero-order valence-corrected chi connectivity index (χ0v) is 40.8. The second kappa shape index (κ2) is 19.4. The minimum Gasteiger partial charge on any atom is -0.310 e. The van der Waals surface area contributed by atoms with Crippen LogP contribution in [0.2, 0.25) is 0 Å². The van der Waals surface area contributed by atoms with Crippen molar-refractivity contribution >= 4 is 38.9 Å². The number of aromatic nitrogens is 1. The van der Waals surface area contributed by atoms with E-state index in [1.165, 1.54) is 88.6 Å². The van der Waals surface area contributed by atoms with Crippen molar-refractivity contribution in [1.29, 1.82) is 0 Å².